The lowest BCUT2D eigenvalue weighted by Crippen LogP contribution is -2.40. The summed E-state index contributed by atoms with van der Waals surface area (Å²) in [6.07, 6.45) is 0. The molecule has 2 N–H and O–H groups in total. The summed E-state index contributed by atoms with van der Waals surface area (Å²) in [6, 6.07) is 11.7. The number of amides is 2. The van der Waals surface area contributed by atoms with Gasteiger partial charge in [0.1, 0.15) is 0 Å². The molecule has 0 unspecified atom stereocenters. The van der Waals surface area contributed by atoms with Gasteiger partial charge in [-0.15, -0.1) is 0 Å². The molecule has 0 atom stereocenters. The molecule has 0 aliphatic heterocycles. The highest BCUT2D eigenvalue weighted by molar-refractivity contribution is 5.95. The molecule has 0 aliphatic carbocycles. The Balaban J connectivity index is 1.99. The first-order valence-electron chi connectivity index (χ1n) is 9.74. The van der Waals surface area contributed by atoms with Crippen LogP contribution in [0.2, 0.25) is 0 Å². The maximum Gasteiger partial charge on any atom is 0.238 e. The van der Waals surface area contributed by atoms with Crippen molar-refractivity contribution in [2.24, 2.45) is 0 Å². The number of hydrogen-bond acceptors (Lipinski definition) is 4. The average Bonchev–Trinajstić information content (AvgIpc) is 2.62. The van der Waals surface area contributed by atoms with Crippen molar-refractivity contribution in [3.8, 4) is 0 Å². The Bertz CT molecular complexity index is 844. The third-order valence-electron chi connectivity index (χ3n) is 4.73. The van der Waals surface area contributed by atoms with Crippen LogP contribution in [-0.2, 0) is 14.3 Å². The number of rotatable bonds is 9. The van der Waals surface area contributed by atoms with Gasteiger partial charge in [0, 0.05) is 25.0 Å². The van der Waals surface area contributed by atoms with Gasteiger partial charge in [-0.3, -0.25) is 14.5 Å². The van der Waals surface area contributed by atoms with Crippen LogP contribution in [0.4, 0.5) is 11.4 Å². The lowest BCUT2D eigenvalue weighted by molar-refractivity contribution is -0.120. The highest BCUT2D eigenvalue weighted by Crippen LogP contribution is 2.18. The van der Waals surface area contributed by atoms with Crippen molar-refractivity contribution in [2.75, 3.05) is 44.0 Å². The van der Waals surface area contributed by atoms with Crippen molar-refractivity contribution in [1.82, 2.24) is 4.90 Å². The average molecular weight is 398 g/mol. The second kappa shape index (κ2) is 10.7. The van der Waals surface area contributed by atoms with E-state index in [4.69, 9.17) is 4.74 Å². The summed E-state index contributed by atoms with van der Waals surface area (Å²) in [4.78, 5) is 26.9. The van der Waals surface area contributed by atoms with E-state index in [2.05, 4.69) is 16.7 Å². The molecule has 6 nitrogen and oxygen atoms in total. The molecule has 6 heteroatoms. The summed E-state index contributed by atoms with van der Waals surface area (Å²) in [5.74, 6) is -0.320. The van der Waals surface area contributed by atoms with E-state index in [1.807, 2.05) is 58.0 Å². The molecule has 0 saturated heterocycles. The molecule has 0 bridgehead atoms. The largest absolute Gasteiger partial charge is 0.383 e. The molecule has 2 amide bonds. The fourth-order valence-electron chi connectivity index (χ4n) is 3.16. The predicted octanol–water partition coefficient (Wildman–Crippen LogP) is 3.45. The smallest absolute Gasteiger partial charge is 0.238 e. The van der Waals surface area contributed by atoms with E-state index in [1.165, 1.54) is 0 Å². The summed E-state index contributed by atoms with van der Waals surface area (Å²) in [5.41, 5.74) is 5.89. The Labute approximate surface area is 173 Å². The number of ether oxygens (including phenoxy) is 1. The monoisotopic (exact) mass is 397 g/mol. The molecule has 29 heavy (non-hydrogen) atoms. The minimum atomic E-state index is -0.161. The van der Waals surface area contributed by atoms with Gasteiger partial charge in [0.15, 0.2) is 0 Å². The summed E-state index contributed by atoms with van der Waals surface area (Å²) in [7, 11) is 1.60. The van der Waals surface area contributed by atoms with Crippen LogP contribution in [0.3, 0.4) is 0 Å². The van der Waals surface area contributed by atoms with Gasteiger partial charge in [0.25, 0.3) is 0 Å². The topological polar surface area (TPSA) is 70.7 Å². The summed E-state index contributed by atoms with van der Waals surface area (Å²) in [5, 5.41) is 5.86. The molecule has 0 aliphatic rings. The maximum atomic E-state index is 12.6. The first kappa shape index (κ1) is 22.6. The normalized spacial score (nSPS) is 10.8. The third-order valence-corrected chi connectivity index (χ3v) is 4.73. The minimum absolute atomic E-state index is 0.108. The Morgan fingerprint density at radius 3 is 2.17 bits per heavy atom. The first-order valence-corrected chi connectivity index (χ1v) is 9.74. The van der Waals surface area contributed by atoms with E-state index in [-0.39, 0.29) is 24.9 Å². The fraction of sp³-hybridized carbons (Fsp3) is 0.391. The number of carbonyl (C=O) groups excluding carboxylic acids is 2. The van der Waals surface area contributed by atoms with Gasteiger partial charge in [0.2, 0.25) is 11.8 Å². The quantitative estimate of drug-likeness (QED) is 0.680. The summed E-state index contributed by atoms with van der Waals surface area (Å²) < 4.78 is 5.13. The summed E-state index contributed by atoms with van der Waals surface area (Å²) >= 11 is 0. The van der Waals surface area contributed by atoms with Crippen LogP contribution >= 0.6 is 0 Å². The van der Waals surface area contributed by atoms with Gasteiger partial charge in [-0.1, -0.05) is 18.2 Å². The number of methoxy groups -OCH3 is 1. The maximum absolute atomic E-state index is 12.6. The Morgan fingerprint density at radius 2 is 1.55 bits per heavy atom. The zero-order chi connectivity index (χ0) is 21.4. The molecule has 0 aromatic heterocycles. The fourth-order valence-corrected chi connectivity index (χ4v) is 3.16. The molecular weight excluding hydrogens is 366 g/mol. The minimum Gasteiger partial charge on any atom is -0.383 e. The van der Waals surface area contributed by atoms with Gasteiger partial charge < -0.3 is 15.4 Å². The molecule has 0 heterocycles. The molecule has 2 aromatic rings. The van der Waals surface area contributed by atoms with E-state index in [0.29, 0.717) is 13.2 Å². The van der Waals surface area contributed by atoms with Crippen LogP contribution in [0.5, 0.6) is 0 Å². The summed E-state index contributed by atoms with van der Waals surface area (Å²) in [6.45, 7) is 9.10. The highest BCUT2D eigenvalue weighted by atomic mass is 16.5. The van der Waals surface area contributed by atoms with E-state index >= 15 is 0 Å². The van der Waals surface area contributed by atoms with Gasteiger partial charge >= 0.3 is 0 Å². The SMILES string of the molecule is COCCN(CC(=O)Nc1cc(C)cc(C)c1)CC(=O)Nc1cccc(C)c1C. The number of benzene rings is 2. The van der Waals surface area contributed by atoms with Gasteiger partial charge in [-0.05, 0) is 68.1 Å². The van der Waals surface area contributed by atoms with E-state index in [9.17, 15) is 9.59 Å². The van der Waals surface area contributed by atoms with Crippen LogP contribution in [0.25, 0.3) is 0 Å². The molecule has 2 aromatic carbocycles. The number of nitrogens with one attached hydrogen (secondary N) is 2. The van der Waals surface area contributed by atoms with Gasteiger partial charge in [0.05, 0.1) is 19.7 Å². The standard InChI is InChI=1S/C23H31N3O3/c1-16-11-17(2)13-20(12-16)24-22(27)14-26(9-10-29-5)15-23(28)25-21-8-6-7-18(3)19(21)4/h6-8,11-13H,9-10,14-15H2,1-5H3,(H,24,27)(H,25,28). The molecule has 0 radical (unpaired) electrons. The molecule has 0 saturated carbocycles. The second-order valence-electron chi connectivity index (χ2n) is 7.42. The number of carbonyl (C=O) groups is 2. The van der Waals surface area contributed by atoms with Crippen LogP contribution < -0.4 is 10.6 Å². The van der Waals surface area contributed by atoms with Crippen LogP contribution in [-0.4, -0.2) is 50.1 Å². The van der Waals surface area contributed by atoms with E-state index < -0.39 is 0 Å². The van der Waals surface area contributed by atoms with Crippen LogP contribution in [0.1, 0.15) is 22.3 Å². The van der Waals surface area contributed by atoms with Crippen molar-refractivity contribution >= 4 is 23.2 Å². The lowest BCUT2D eigenvalue weighted by atomic mass is 10.1. The van der Waals surface area contributed by atoms with E-state index in [0.717, 1.165) is 33.6 Å². The number of hydrogen-bond donors (Lipinski definition) is 2. The number of anilines is 2. The first-order chi connectivity index (χ1) is 13.8. The van der Waals surface area contributed by atoms with Crippen molar-refractivity contribution in [2.45, 2.75) is 27.7 Å². The Kier molecular flexibility index (Phi) is 8.36. The van der Waals surface area contributed by atoms with Gasteiger partial charge in [-0.2, -0.15) is 0 Å². The van der Waals surface area contributed by atoms with Crippen LogP contribution in [0, 0.1) is 27.7 Å². The third kappa shape index (κ3) is 7.33. The van der Waals surface area contributed by atoms with Crippen LogP contribution in [0.15, 0.2) is 36.4 Å². The van der Waals surface area contributed by atoms with Crippen molar-refractivity contribution in [3.63, 3.8) is 0 Å². The molecule has 0 fully saturated rings. The Hall–Kier alpha value is -2.70. The number of nitrogens with zero attached hydrogens (tertiary/aromatic N) is 1. The van der Waals surface area contributed by atoms with Crippen molar-refractivity contribution < 1.29 is 14.3 Å². The Morgan fingerprint density at radius 1 is 0.931 bits per heavy atom. The molecule has 2 rings (SSSR count). The second-order valence-corrected chi connectivity index (χ2v) is 7.42. The highest BCUT2D eigenvalue weighted by Gasteiger charge is 2.16. The zero-order valence-corrected chi connectivity index (χ0v) is 18.0. The van der Waals surface area contributed by atoms with Crippen molar-refractivity contribution in [3.05, 3.63) is 58.7 Å². The lowest BCUT2D eigenvalue weighted by Gasteiger charge is -2.21. The van der Waals surface area contributed by atoms with Gasteiger partial charge in [-0.25, -0.2) is 0 Å². The molecular formula is C23H31N3O3. The molecule has 156 valence electrons. The van der Waals surface area contributed by atoms with E-state index in [1.54, 1.807) is 12.0 Å². The zero-order valence-electron chi connectivity index (χ0n) is 18.0. The number of aryl methyl sites for hydroxylation is 3. The molecule has 0 spiro atoms. The van der Waals surface area contributed by atoms with Crippen molar-refractivity contribution in [1.29, 1.82) is 0 Å². The predicted molar refractivity (Wildman–Crippen MR) is 117 cm³/mol.